The highest BCUT2D eigenvalue weighted by Gasteiger charge is 2.42. The molecule has 0 bridgehead atoms. The van der Waals surface area contributed by atoms with Crippen molar-refractivity contribution in [2.75, 3.05) is 6.61 Å². The summed E-state index contributed by atoms with van der Waals surface area (Å²) in [4.78, 5) is 0. The molecule has 1 heterocycles. The van der Waals surface area contributed by atoms with Crippen LogP contribution < -0.4 is 0 Å². The molecule has 1 atom stereocenters. The quantitative estimate of drug-likeness (QED) is 0.397. The molecule has 84 valence electrons. The van der Waals surface area contributed by atoms with E-state index in [0.717, 1.165) is 6.61 Å². The maximum Gasteiger partial charge on any atom is 0.0916 e. The Hall–Kier alpha value is -0.0400. The predicted octanol–water partition coefficient (Wildman–Crippen LogP) is 4.31. The summed E-state index contributed by atoms with van der Waals surface area (Å²) < 4.78 is 5.56. The molecule has 1 heteroatoms. The van der Waals surface area contributed by atoms with Gasteiger partial charge in [0, 0.05) is 0 Å². The summed E-state index contributed by atoms with van der Waals surface area (Å²) in [6, 6.07) is 0. The lowest BCUT2D eigenvalue weighted by Crippen LogP contribution is -2.09. The molecule has 1 aliphatic rings. The van der Waals surface area contributed by atoms with Crippen LogP contribution in [0.1, 0.15) is 71.6 Å². The van der Waals surface area contributed by atoms with Gasteiger partial charge in [-0.05, 0) is 12.8 Å². The minimum atomic E-state index is 0.347. The first-order valence-corrected chi connectivity index (χ1v) is 6.47. The summed E-state index contributed by atoms with van der Waals surface area (Å²) in [5.41, 5.74) is 0.347. The van der Waals surface area contributed by atoms with Gasteiger partial charge < -0.3 is 4.74 Å². The molecule has 1 nitrogen and oxygen atoms in total. The lowest BCUT2D eigenvalue weighted by Gasteiger charge is -2.09. The van der Waals surface area contributed by atoms with Gasteiger partial charge in [0.15, 0.2) is 0 Å². The fraction of sp³-hybridized carbons (Fsp3) is 1.00. The molecular weight excluding hydrogens is 172 g/mol. The molecule has 0 aliphatic carbocycles. The van der Waals surface area contributed by atoms with Gasteiger partial charge in [-0.25, -0.2) is 0 Å². The van der Waals surface area contributed by atoms with Crippen LogP contribution in [-0.2, 0) is 4.74 Å². The minimum absolute atomic E-state index is 0.347. The van der Waals surface area contributed by atoms with Crippen molar-refractivity contribution in [3.63, 3.8) is 0 Å². The Labute approximate surface area is 89.2 Å². The standard InChI is InChI=1S/C13H26O/c1-3-5-6-7-8-9-11-13(10-4-2)12-14-13/h3-12H2,1-2H3. The predicted molar refractivity (Wildman–Crippen MR) is 61.6 cm³/mol. The van der Waals surface area contributed by atoms with E-state index >= 15 is 0 Å². The molecule has 0 aromatic rings. The van der Waals surface area contributed by atoms with Crippen LogP contribution >= 0.6 is 0 Å². The molecule has 0 spiro atoms. The van der Waals surface area contributed by atoms with Gasteiger partial charge in [-0.2, -0.15) is 0 Å². The van der Waals surface area contributed by atoms with E-state index in [2.05, 4.69) is 13.8 Å². The molecule has 0 aromatic heterocycles. The van der Waals surface area contributed by atoms with E-state index in [4.69, 9.17) is 4.74 Å². The molecule has 0 radical (unpaired) electrons. The lowest BCUT2D eigenvalue weighted by atomic mass is 9.97. The van der Waals surface area contributed by atoms with E-state index in [-0.39, 0.29) is 0 Å². The van der Waals surface area contributed by atoms with E-state index in [9.17, 15) is 0 Å². The molecular formula is C13H26O. The van der Waals surface area contributed by atoms with E-state index in [1.54, 1.807) is 0 Å². The van der Waals surface area contributed by atoms with Crippen molar-refractivity contribution in [2.24, 2.45) is 0 Å². The minimum Gasteiger partial charge on any atom is -0.370 e. The number of epoxide rings is 1. The molecule has 0 aromatic carbocycles. The fourth-order valence-electron chi connectivity index (χ4n) is 2.20. The number of ether oxygens (including phenoxy) is 1. The Morgan fingerprint density at radius 3 is 2.07 bits per heavy atom. The van der Waals surface area contributed by atoms with Gasteiger partial charge >= 0.3 is 0 Å². The Bertz CT molecular complexity index is 138. The van der Waals surface area contributed by atoms with Gasteiger partial charge in [-0.15, -0.1) is 0 Å². The Morgan fingerprint density at radius 2 is 1.50 bits per heavy atom. The number of rotatable bonds is 9. The summed E-state index contributed by atoms with van der Waals surface area (Å²) in [5, 5.41) is 0. The fourth-order valence-corrected chi connectivity index (χ4v) is 2.20. The third-order valence-electron chi connectivity index (χ3n) is 3.24. The summed E-state index contributed by atoms with van der Waals surface area (Å²) in [6.07, 6.45) is 12.3. The Kier molecular flexibility index (Phi) is 5.54. The second-order valence-electron chi connectivity index (χ2n) is 4.74. The third kappa shape index (κ3) is 4.45. The van der Waals surface area contributed by atoms with Crippen molar-refractivity contribution in [3.05, 3.63) is 0 Å². The zero-order valence-electron chi connectivity index (χ0n) is 9.98. The highest BCUT2D eigenvalue weighted by molar-refractivity contribution is 4.91. The van der Waals surface area contributed by atoms with Crippen LogP contribution in [0.25, 0.3) is 0 Å². The second kappa shape index (κ2) is 6.44. The summed E-state index contributed by atoms with van der Waals surface area (Å²) in [6.45, 7) is 5.56. The average Bonchev–Trinajstić information content (AvgIpc) is 2.93. The van der Waals surface area contributed by atoms with Crippen LogP contribution in [0.5, 0.6) is 0 Å². The van der Waals surface area contributed by atoms with Gasteiger partial charge in [0.1, 0.15) is 0 Å². The molecule has 0 N–H and O–H groups in total. The second-order valence-corrected chi connectivity index (χ2v) is 4.74. The monoisotopic (exact) mass is 198 g/mol. The SMILES string of the molecule is CCCCCCCCC1(CCC)CO1. The molecule has 1 saturated heterocycles. The summed E-state index contributed by atoms with van der Waals surface area (Å²) >= 11 is 0. The smallest absolute Gasteiger partial charge is 0.0916 e. The zero-order chi connectivity index (χ0) is 10.3. The molecule has 1 aliphatic heterocycles. The third-order valence-corrected chi connectivity index (χ3v) is 3.24. The van der Waals surface area contributed by atoms with Gasteiger partial charge in [0.05, 0.1) is 12.2 Å². The van der Waals surface area contributed by atoms with Crippen LogP contribution in [0.3, 0.4) is 0 Å². The Balaban J connectivity index is 1.88. The van der Waals surface area contributed by atoms with Gasteiger partial charge in [0.25, 0.3) is 0 Å². The zero-order valence-corrected chi connectivity index (χ0v) is 9.98. The first kappa shape index (κ1) is 12.0. The van der Waals surface area contributed by atoms with Crippen molar-refractivity contribution in [1.29, 1.82) is 0 Å². The lowest BCUT2D eigenvalue weighted by molar-refractivity contribution is 0.265. The van der Waals surface area contributed by atoms with E-state index in [1.807, 2.05) is 0 Å². The van der Waals surface area contributed by atoms with E-state index in [0.29, 0.717) is 5.60 Å². The number of hydrogen-bond donors (Lipinski definition) is 0. The maximum atomic E-state index is 5.56. The van der Waals surface area contributed by atoms with Crippen molar-refractivity contribution in [2.45, 2.75) is 77.2 Å². The average molecular weight is 198 g/mol. The molecule has 1 rings (SSSR count). The van der Waals surface area contributed by atoms with Crippen molar-refractivity contribution in [1.82, 2.24) is 0 Å². The Morgan fingerprint density at radius 1 is 0.857 bits per heavy atom. The molecule has 14 heavy (non-hydrogen) atoms. The topological polar surface area (TPSA) is 12.5 Å². The van der Waals surface area contributed by atoms with Crippen molar-refractivity contribution in [3.8, 4) is 0 Å². The summed E-state index contributed by atoms with van der Waals surface area (Å²) in [7, 11) is 0. The molecule has 1 unspecified atom stereocenters. The maximum absolute atomic E-state index is 5.56. The molecule has 1 fully saturated rings. The largest absolute Gasteiger partial charge is 0.370 e. The van der Waals surface area contributed by atoms with Gasteiger partial charge in [0.2, 0.25) is 0 Å². The van der Waals surface area contributed by atoms with Crippen LogP contribution in [0.2, 0.25) is 0 Å². The highest BCUT2D eigenvalue weighted by atomic mass is 16.6. The van der Waals surface area contributed by atoms with Crippen molar-refractivity contribution >= 4 is 0 Å². The first-order chi connectivity index (χ1) is 6.83. The van der Waals surface area contributed by atoms with E-state index in [1.165, 1.54) is 57.8 Å². The molecule has 0 saturated carbocycles. The van der Waals surface area contributed by atoms with Crippen LogP contribution in [-0.4, -0.2) is 12.2 Å². The van der Waals surface area contributed by atoms with E-state index < -0.39 is 0 Å². The van der Waals surface area contributed by atoms with Crippen LogP contribution in [0, 0.1) is 0 Å². The first-order valence-electron chi connectivity index (χ1n) is 6.47. The van der Waals surface area contributed by atoms with Crippen LogP contribution in [0.15, 0.2) is 0 Å². The number of hydrogen-bond acceptors (Lipinski definition) is 1. The van der Waals surface area contributed by atoms with Gasteiger partial charge in [-0.1, -0.05) is 58.8 Å². The van der Waals surface area contributed by atoms with Crippen LogP contribution in [0.4, 0.5) is 0 Å². The normalized spacial score (nSPS) is 25.3. The highest BCUT2D eigenvalue weighted by Crippen LogP contribution is 2.37. The summed E-state index contributed by atoms with van der Waals surface area (Å²) in [5.74, 6) is 0. The van der Waals surface area contributed by atoms with Crippen molar-refractivity contribution < 1.29 is 4.74 Å². The molecule has 0 amide bonds. The van der Waals surface area contributed by atoms with Gasteiger partial charge in [-0.3, -0.25) is 0 Å². The number of unbranched alkanes of at least 4 members (excludes halogenated alkanes) is 5.